The van der Waals surface area contributed by atoms with Gasteiger partial charge in [0.15, 0.2) is 23.0 Å². The van der Waals surface area contributed by atoms with Crippen LogP contribution in [-0.2, 0) is 0 Å². The third-order valence-electron chi connectivity index (χ3n) is 2.30. The minimum Gasteiger partial charge on any atom is -0.427 e. The maximum Gasteiger partial charge on any atom is 0.259 e. The van der Waals surface area contributed by atoms with Crippen molar-refractivity contribution in [2.75, 3.05) is 5.32 Å². The summed E-state index contributed by atoms with van der Waals surface area (Å²) in [6, 6.07) is 14.1. The fraction of sp³-hybridized carbons (Fsp3) is 0. The Balaban J connectivity index is 2.26. The van der Waals surface area contributed by atoms with Crippen molar-refractivity contribution in [3.63, 3.8) is 0 Å². The van der Waals surface area contributed by atoms with Gasteiger partial charge in [0.05, 0.1) is 5.56 Å². The highest BCUT2D eigenvalue weighted by Crippen LogP contribution is 2.25. The van der Waals surface area contributed by atoms with E-state index in [-0.39, 0.29) is 5.91 Å². The number of hydrogen-bond acceptors (Lipinski definition) is 2. The molecule has 0 aliphatic rings. The van der Waals surface area contributed by atoms with Gasteiger partial charge in [0.2, 0.25) is 0 Å². The molecule has 2 aromatic carbocycles. The Kier molecular flexibility index (Phi) is 4.43. The van der Waals surface area contributed by atoms with Gasteiger partial charge in [-0.3, -0.25) is 4.79 Å². The number of para-hydroxylation sites is 1. The molecule has 0 aliphatic carbocycles. The topological polar surface area (TPSA) is 38.3 Å². The highest BCUT2D eigenvalue weighted by Gasteiger charge is 2.13. The van der Waals surface area contributed by atoms with E-state index in [9.17, 15) is 4.79 Å². The van der Waals surface area contributed by atoms with Gasteiger partial charge in [-0.25, -0.2) is 0 Å². The first-order chi connectivity index (χ1) is 8.70. The molecule has 0 atom stereocenters. The number of amides is 1. The molecule has 0 spiro atoms. The number of carbonyl (C=O) groups is 1. The van der Waals surface area contributed by atoms with Crippen LogP contribution < -0.4 is 8.38 Å². The van der Waals surface area contributed by atoms with E-state index in [2.05, 4.69) is 5.32 Å². The van der Waals surface area contributed by atoms with E-state index in [0.29, 0.717) is 16.3 Å². The Morgan fingerprint density at radius 1 is 1.17 bits per heavy atom. The molecule has 1 amide bonds. The van der Waals surface area contributed by atoms with Gasteiger partial charge in [-0.05, 0) is 30.3 Å². The summed E-state index contributed by atoms with van der Waals surface area (Å²) in [5.41, 5.74) is 1.13. The lowest BCUT2D eigenvalue weighted by Crippen LogP contribution is -2.12. The van der Waals surface area contributed by atoms with E-state index >= 15 is 0 Å². The van der Waals surface area contributed by atoms with Crippen molar-refractivity contribution in [3.8, 4) is 5.75 Å². The summed E-state index contributed by atoms with van der Waals surface area (Å²) in [5, 5.41) is 3.27. The second kappa shape index (κ2) is 6.06. The lowest BCUT2D eigenvalue weighted by molar-refractivity contribution is 0.102. The number of halogens is 2. The summed E-state index contributed by atoms with van der Waals surface area (Å²) in [6.07, 6.45) is 0. The quantitative estimate of drug-likeness (QED) is 0.814. The molecule has 1 N–H and O–H groups in total. The molecule has 92 valence electrons. The summed E-state index contributed by atoms with van der Waals surface area (Å²) in [7, 11) is 0. The van der Waals surface area contributed by atoms with E-state index in [1.807, 2.05) is 30.3 Å². The summed E-state index contributed by atoms with van der Waals surface area (Å²) < 4.78 is 5.11. The van der Waals surface area contributed by atoms with Crippen LogP contribution in [-0.4, -0.2) is 5.91 Å². The van der Waals surface area contributed by atoms with Crippen molar-refractivity contribution in [2.24, 2.45) is 0 Å². The van der Waals surface area contributed by atoms with E-state index in [0.717, 1.165) is 5.69 Å². The zero-order valence-corrected chi connectivity index (χ0v) is 12.1. The van der Waals surface area contributed by atoms with E-state index in [1.165, 1.54) is 0 Å². The fourth-order valence-corrected chi connectivity index (χ4v) is 2.02. The molecule has 2 rings (SSSR count). The van der Waals surface area contributed by atoms with Crippen LogP contribution in [0.5, 0.6) is 5.75 Å². The van der Waals surface area contributed by atoms with Crippen molar-refractivity contribution in [1.29, 1.82) is 0 Å². The lowest BCUT2D eigenvalue weighted by atomic mass is 10.2. The molecule has 5 heteroatoms. The van der Waals surface area contributed by atoms with Crippen LogP contribution in [0.15, 0.2) is 48.5 Å². The van der Waals surface area contributed by atoms with Crippen molar-refractivity contribution in [3.05, 3.63) is 59.1 Å². The molecule has 0 radical (unpaired) electrons. The number of benzene rings is 2. The zero-order valence-electron chi connectivity index (χ0n) is 9.19. The molecule has 0 unspecified atom stereocenters. The maximum atomic E-state index is 12.1. The summed E-state index contributed by atoms with van der Waals surface area (Å²) in [4.78, 5) is 12.1. The predicted molar refractivity (Wildman–Crippen MR) is 80.5 cm³/mol. The summed E-state index contributed by atoms with van der Waals surface area (Å²) >= 11 is 7.61. The molecule has 0 saturated heterocycles. The second-order valence-electron chi connectivity index (χ2n) is 3.54. The maximum absolute atomic E-state index is 12.1. The van der Waals surface area contributed by atoms with Crippen molar-refractivity contribution >= 4 is 46.2 Å². The highest BCUT2D eigenvalue weighted by atomic mass is 127. The third kappa shape index (κ3) is 3.14. The summed E-state index contributed by atoms with van der Waals surface area (Å²) in [6.45, 7) is 0. The van der Waals surface area contributed by atoms with Crippen LogP contribution in [0.3, 0.4) is 0 Å². The molecule has 0 aliphatic heterocycles. The fourth-order valence-electron chi connectivity index (χ4n) is 1.47. The Morgan fingerprint density at radius 2 is 1.89 bits per heavy atom. The van der Waals surface area contributed by atoms with Crippen LogP contribution >= 0.6 is 34.6 Å². The number of carbonyl (C=O) groups excluding carboxylic acids is 1. The average Bonchev–Trinajstić information content (AvgIpc) is 2.40. The minimum atomic E-state index is -0.254. The molecule has 0 heterocycles. The Bertz CT molecular complexity index is 560. The SMILES string of the molecule is O=C(Nc1ccccc1)c1cc(Cl)ccc1OI. The predicted octanol–water partition coefficient (Wildman–Crippen LogP) is 4.32. The van der Waals surface area contributed by atoms with Gasteiger partial charge in [-0.15, -0.1) is 0 Å². The van der Waals surface area contributed by atoms with Crippen LogP contribution in [0.25, 0.3) is 0 Å². The highest BCUT2D eigenvalue weighted by molar-refractivity contribution is 14.1. The average molecular weight is 374 g/mol. The molecular formula is C13H9ClINO2. The molecule has 18 heavy (non-hydrogen) atoms. The van der Waals surface area contributed by atoms with Crippen LogP contribution in [0.4, 0.5) is 5.69 Å². The van der Waals surface area contributed by atoms with E-state index in [1.54, 1.807) is 41.2 Å². The Morgan fingerprint density at radius 3 is 2.56 bits per heavy atom. The van der Waals surface area contributed by atoms with Gasteiger partial charge in [-0.2, -0.15) is 0 Å². The van der Waals surface area contributed by atoms with Gasteiger partial charge < -0.3 is 8.38 Å². The molecule has 0 aromatic heterocycles. The summed E-state index contributed by atoms with van der Waals surface area (Å²) in [5.74, 6) is 0.226. The number of nitrogens with one attached hydrogen (secondary N) is 1. The number of anilines is 1. The van der Waals surface area contributed by atoms with Crippen LogP contribution in [0.1, 0.15) is 10.4 Å². The Labute approximate surface area is 124 Å². The molecule has 2 aromatic rings. The minimum absolute atomic E-state index is 0.254. The molecule has 3 nitrogen and oxygen atoms in total. The van der Waals surface area contributed by atoms with Crippen LogP contribution in [0, 0.1) is 0 Å². The normalized spacial score (nSPS) is 9.89. The molecular weight excluding hydrogens is 365 g/mol. The first-order valence-corrected chi connectivity index (χ1v) is 6.41. The zero-order chi connectivity index (χ0) is 13.0. The third-order valence-corrected chi connectivity index (χ3v) is 3.01. The van der Waals surface area contributed by atoms with E-state index < -0.39 is 0 Å². The second-order valence-corrected chi connectivity index (χ2v) is 4.41. The number of hydrogen-bond donors (Lipinski definition) is 1. The van der Waals surface area contributed by atoms with Gasteiger partial charge in [0, 0.05) is 10.7 Å². The van der Waals surface area contributed by atoms with Gasteiger partial charge in [0.1, 0.15) is 5.75 Å². The lowest BCUT2D eigenvalue weighted by Gasteiger charge is -2.08. The Hall–Kier alpha value is -1.27. The first kappa shape index (κ1) is 13.2. The monoisotopic (exact) mass is 373 g/mol. The van der Waals surface area contributed by atoms with Crippen molar-refractivity contribution in [2.45, 2.75) is 0 Å². The van der Waals surface area contributed by atoms with Crippen molar-refractivity contribution in [1.82, 2.24) is 0 Å². The van der Waals surface area contributed by atoms with E-state index in [4.69, 9.17) is 14.7 Å². The molecule has 0 bridgehead atoms. The smallest absolute Gasteiger partial charge is 0.259 e. The standard InChI is InChI=1S/C13H9ClINO2/c14-9-6-7-12(18-15)11(8-9)13(17)16-10-4-2-1-3-5-10/h1-8H,(H,16,17). The van der Waals surface area contributed by atoms with Crippen molar-refractivity contribution < 1.29 is 7.86 Å². The number of rotatable bonds is 3. The molecule has 0 fully saturated rings. The van der Waals surface area contributed by atoms with Gasteiger partial charge in [-0.1, -0.05) is 29.8 Å². The van der Waals surface area contributed by atoms with Crippen LogP contribution in [0.2, 0.25) is 5.02 Å². The van der Waals surface area contributed by atoms with Gasteiger partial charge >= 0.3 is 0 Å². The first-order valence-electron chi connectivity index (χ1n) is 5.15. The van der Waals surface area contributed by atoms with Gasteiger partial charge in [0.25, 0.3) is 5.91 Å². The molecule has 0 saturated carbocycles. The largest absolute Gasteiger partial charge is 0.427 e.